The third kappa shape index (κ3) is 4.30. The average molecular weight is 569 g/mol. The number of para-hydroxylation sites is 1. The molecule has 2 N–H and O–H groups in total. The Morgan fingerprint density at radius 3 is 2.53 bits per heavy atom. The number of aryl methyl sites for hydroxylation is 1. The first kappa shape index (κ1) is 22.5. The number of hydrogen-bond acceptors (Lipinski definition) is 7. The van der Waals surface area contributed by atoms with Gasteiger partial charge in [-0.3, -0.25) is 9.78 Å². The Morgan fingerprint density at radius 1 is 1.03 bits per heavy atom. The first-order valence-corrected chi connectivity index (χ1v) is 12.1. The summed E-state index contributed by atoms with van der Waals surface area (Å²) in [5, 5.41) is 3.43. The van der Waals surface area contributed by atoms with E-state index < -0.39 is 11.2 Å². The molecule has 0 spiro atoms. The lowest BCUT2D eigenvalue weighted by Gasteiger charge is -2.35. The lowest BCUT2D eigenvalue weighted by atomic mass is 10.1. The van der Waals surface area contributed by atoms with Gasteiger partial charge in [0.05, 0.1) is 5.69 Å². The maximum Gasteiger partial charge on any atom is 0.334 e. The summed E-state index contributed by atoms with van der Waals surface area (Å²) in [5.74, 6) is 0.307. The zero-order valence-corrected chi connectivity index (χ0v) is 21.0. The van der Waals surface area contributed by atoms with Crippen molar-refractivity contribution >= 4 is 50.9 Å². The predicted octanol–water partition coefficient (Wildman–Crippen LogP) is 2.88. The van der Waals surface area contributed by atoms with E-state index in [1.54, 1.807) is 12.1 Å². The van der Waals surface area contributed by atoms with Crippen molar-refractivity contribution in [3.8, 4) is 5.69 Å². The van der Waals surface area contributed by atoms with Gasteiger partial charge in [0.25, 0.3) is 5.56 Å². The van der Waals surface area contributed by atoms with E-state index in [9.17, 15) is 9.59 Å². The molecule has 174 valence electrons. The zero-order chi connectivity index (χ0) is 23.8. The highest BCUT2D eigenvalue weighted by Gasteiger charge is 2.17. The molecule has 9 nitrogen and oxygen atoms in total. The van der Waals surface area contributed by atoms with Gasteiger partial charge in [-0.25, -0.2) is 14.3 Å². The third-order valence-corrected chi connectivity index (χ3v) is 6.95. The number of fused-ring (bicyclic) bond motifs is 1. The van der Waals surface area contributed by atoms with Crippen LogP contribution in [0.2, 0.25) is 0 Å². The smallest absolute Gasteiger partial charge is 0.334 e. The molecule has 0 aliphatic carbocycles. The standard InChI is InChI=1S/C24H24IN7O2/c1-15-13-16(7-8-19(15)31-11-9-30(2)10-12-31)27-23-26-14-17-21(28-23)29-24(34)32(22(17)33)20-6-4-3-5-18(20)25/h3-8,13-14H,9-12H2,1-2H3,(H2,26,27,28,29,34). The molecule has 34 heavy (non-hydrogen) atoms. The number of benzene rings is 2. The summed E-state index contributed by atoms with van der Waals surface area (Å²) in [6, 6.07) is 13.4. The minimum Gasteiger partial charge on any atom is -0.369 e. The Bertz CT molecular complexity index is 1490. The molecule has 0 atom stereocenters. The van der Waals surface area contributed by atoms with Gasteiger partial charge in [-0.2, -0.15) is 4.98 Å². The monoisotopic (exact) mass is 569 g/mol. The fraction of sp³-hybridized carbons (Fsp3) is 0.250. The maximum atomic E-state index is 13.1. The molecular weight excluding hydrogens is 545 g/mol. The number of nitrogens with zero attached hydrogens (tertiary/aromatic N) is 5. The maximum absolute atomic E-state index is 13.1. The van der Waals surface area contributed by atoms with Crippen molar-refractivity contribution in [3.05, 3.63) is 78.6 Å². The third-order valence-electron chi connectivity index (χ3n) is 6.04. The summed E-state index contributed by atoms with van der Waals surface area (Å²) >= 11 is 2.10. The molecule has 3 heterocycles. The number of aromatic amines is 1. The fourth-order valence-corrected chi connectivity index (χ4v) is 4.81. The van der Waals surface area contributed by atoms with E-state index in [-0.39, 0.29) is 11.0 Å². The number of aromatic nitrogens is 4. The normalized spacial score (nSPS) is 14.5. The lowest BCUT2D eigenvalue weighted by Crippen LogP contribution is -2.44. The van der Waals surface area contributed by atoms with Crippen LogP contribution in [0.5, 0.6) is 0 Å². The first-order valence-electron chi connectivity index (χ1n) is 11.0. The molecule has 1 fully saturated rings. The van der Waals surface area contributed by atoms with Gasteiger partial charge in [-0.05, 0) is 72.5 Å². The molecule has 4 aromatic rings. The Hall–Kier alpha value is -3.25. The van der Waals surface area contributed by atoms with E-state index >= 15 is 0 Å². The molecule has 0 radical (unpaired) electrons. The number of nitrogens with one attached hydrogen (secondary N) is 2. The SMILES string of the molecule is Cc1cc(Nc2ncc3c(=O)n(-c4ccccc4I)c(=O)[nH]c3n2)ccc1N1CCN(C)CC1. The van der Waals surface area contributed by atoms with Crippen LogP contribution < -0.4 is 21.5 Å². The summed E-state index contributed by atoms with van der Waals surface area (Å²) in [6.45, 7) is 6.20. The second-order valence-corrected chi connectivity index (χ2v) is 9.56. The number of halogens is 1. The van der Waals surface area contributed by atoms with Crippen molar-refractivity contribution in [2.24, 2.45) is 0 Å². The van der Waals surface area contributed by atoms with E-state index in [1.807, 2.05) is 18.2 Å². The second-order valence-electron chi connectivity index (χ2n) is 8.39. The number of rotatable bonds is 4. The molecule has 2 aromatic heterocycles. The van der Waals surface area contributed by atoms with Gasteiger partial charge in [-0.1, -0.05) is 12.1 Å². The van der Waals surface area contributed by atoms with Crippen molar-refractivity contribution in [2.45, 2.75) is 6.92 Å². The van der Waals surface area contributed by atoms with Gasteiger partial charge in [0.2, 0.25) is 5.95 Å². The highest BCUT2D eigenvalue weighted by molar-refractivity contribution is 14.1. The van der Waals surface area contributed by atoms with Crippen LogP contribution in [-0.2, 0) is 0 Å². The molecule has 0 bridgehead atoms. The Labute approximate surface area is 209 Å². The van der Waals surface area contributed by atoms with Gasteiger partial charge < -0.3 is 15.1 Å². The Kier molecular flexibility index (Phi) is 6.09. The Balaban J connectivity index is 1.44. The van der Waals surface area contributed by atoms with Crippen LogP contribution in [0.25, 0.3) is 16.7 Å². The van der Waals surface area contributed by atoms with E-state index in [0.717, 1.165) is 45.6 Å². The van der Waals surface area contributed by atoms with Crippen LogP contribution in [0.1, 0.15) is 5.56 Å². The molecular formula is C24H24IN7O2. The summed E-state index contributed by atoms with van der Waals surface area (Å²) in [4.78, 5) is 42.0. The minimum absolute atomic E-state index is 0.195. The number of likely N-dealkylation sites (N-methyl/N-ethyl adjacent to an activating group) is 1. The van der Waals surface area contributed by atoms with E-state index in [1.165, 1.54) is 11.9 Å². The Morgan fingerprint density at radius 2 is 1.79 bits per heavy atom. The van der Waals surface area contributed by atoms with Crippen molar-refractivity contribution in [2.75, 3.05) is 43.4 Å². The van der Waals surface area contributed by atoms with Crippen LogP contribution in [0.15, 0.2) is 58.3 Å². The zero-order valence-electron chi connectivity index (χ0n) is 18.9. The quantitative estimate of drug-likeness (QED) is 0.365. The van der Waals surface area contributed by atoms with Crippen LogP contribution in [0, 0.1) is 10.5 Å². The van der Waals surface area contributed by atoms with Gasteiger partial charge in [-0.15, -0.1) is 0 Å². The summed E-state index contributed by atoms with van der Waals surface area (Å²) in [6.07, 6.45) is 1.45. The summed E-state index contributed by atoms with van der Waals surface area (Å²) < 4.78 is 1.91. The van der Waals surface area contributed by atoms with Crippen LogP contribution >= 0.6 is 22.6 Å². The van der Waals surface area contributed by atoms with Crippen molar-refractivity contribution < 1.29 is 0 Å². The highest BCUT2D eigenvalue weighted by Crippen LogP contribution is 2.26. The lowest BCUT2D eigenvalue weighted by molar-refractivity contribution is 0.312. The molecule has 2 aromatic carbocycles. The van der Waals surface area contributed by atoms with Gasteiger partial charge in [0.1, 0.15) is 5.39 Å². The average Bonchev–Trinajstić information content (AvgIpc) is 2.81. The molecule has 1 aliphatic rings. The molecule has 0 saturated carbocycles. The fourth-order valence-electron chi connectivity index (χ4n) is 4.18. The summed E-state index contributed by atoms with van der Waals surface area (Å²) in [5.41, 5.74) is 2.93. The molecule has 1 aliphatic heterocycles. The molecule has 1 saturated heterocycles. The van der Waals surface area contributed by atoms with Gasteiger partial charge >= 0.3 is 5.69 Å². The molecule has 0 unspecified atom stereocenters. The first-order chi connectivity index (χ1) is 16.4. The van der Waals surface area contributed by atoms with Crippen LogP contribution in [0.4, 0.5) is 17.3 Å². The van der Waals surface area contributed by atoms with Crippen molar-refractivity contribution in [1.82, 2.24) is 24.4 Å². The number of anilines is 3. The predicted molar refractivity (Wildman–Crippen MR) is 143 cm³/mol. The van der Waals surface area contributed by atoms with Crippen molar-refractivity contribution in [3.63, 3.8) is 0 Å². The molecule has 0 amide bonds. The minimum atomic E-state index is -0.543. The van der Waals surface area contributed by atoms with Gasteiger partial charge in [0.15, 0.2) is 5.65 Å². The molecule has 5 rings (SSSR count). The largest absolute Gasteiger partial charge is 0.369 e. The second kappa shape index (κ2) is 9.18. The van der Waals surface area contributed by atoms with E-state index in [4.69, 9.17) is 0 Å². The summed E-state index contributed by atoms with van der Waals surface area (Å²) in [7, 11) is 2.14. The van der Waals surface area contributed by atoms with E-state index in [0.29, 0.717) is 11.6 Å². The van der Waals surface area contributed by atoms with Gasteiger partial charge in [0, 0.05) is 47.3 Å². The van der Waals surface area contributed by atoms with E-state index in [2.05, 4.69) is 78.8 Å². The highest BCUT2D eigenvalue weighted by atomic mass is 127. The van der Waals surface area contributed by atoms with Crippen LogP contribution in [-0.4, -0.2) is 57.6 Å². The topological polar surface area (TPSA) is 99.1 Å². The number of piperazine rings is 1. The van der Waals surface area contributed by atoms with Crippen molar-refractivity contribution in [1.29, 1.82) is 0 Å². The van der Waals surface area contributed by atoms with Crippen LogP contribution in [0.3, 0.4) is 0 Å². The number of hydrogen-bond donors (Lipinski definition) is 2. The number of H-pyrrole nitrogens is 1. The molecule has 10 heteroatoms.